The SMILES string of the molecule is O=C(COC(=O)c1ccc(S(=O)(=O)NC2CC2)cc1)NC(=O)c1cccs1. The minimum absolute atomic E-state index is 0.0185. The summed E-state index contributed by atoms with van der Waals surface area (Å²) >= 11 is 1.18. The number of carbonyl (C=O) groups excluding carboxylic acids is 3. The van der Waals surface area contributed by atoms with E-state index in [1.807, 2.05) is 0 Å². The molecule has 0 spiro atoms. The second kappa shape index (κ2) is 7.99. The summed E-state index contributed by atoms with van der Waals surface area (Å²) in [5.74, 6) is -2.12. The number of ether oxygens (including phenoxy) is 1. The highest BCUT2D eigenvalue weighted by molar-refractivity contribution is 7.89. The van der Waals surface area contributed by atoms with Crippen LogP contribution in [-0.2, 0) is 19.6 Å². The molecule has 1 aromatic carbocycles. The van der Waals surface area contributed by atoms with Gasteiger partial charge in [0.2, 0.25) is 10.0 Å². The Labute approximate surface area is 159 Å². The smallest absolute Gasteiger partial charge is 0.338 e. The number of sulfonamides is 1. The summed E-state index contributed by atoms with van der Waals surface area (Å²) < 4.78 is 31.5. The van der Waals surface area contributed by atoms with Gasteiger partial charge in [-0.1, -0.05) is 6.07 Å². The number of hydrogen-bond acceptors (Lipinski definition) is 7. The topological polar surface area (TPSA) is 119 Å². The first-order chi connectivity index (χ1) is 12.8. The third-order valence-electron chi connectivity index (χ3n) is 3.63. The van der Waals surface area contributed by atoms with E-state index < -0.39 is 34.4 Å². The van der Waals surface area contributed by atoms with Gasteiger partial charge in [-0.25, -0.2) is 17.9 Å². The first-order valence-electron chi connectivity index (χ1n) is 8.02. The van der Waals surface area contributed by atoms with E-state index in [4.69, 9.17) is 4.74 Å². The molecule has 3 rings (SSSR count). The molecule has 2 N–H and O–H groups in total. The Morgan fingerprint density at radius 3 is 2.41 bits per heavy atom. The van der Waals surface area contributed by atoms with E-state index in [0.717, 1.165) is 12.8 Å². The van der Waals surface area contributed by atoms with Crippen molar-refractivity contribution in [2.45, 2.75) is 23.8 Å². The summed E-state index contributed by atoms with van der Waals surface area (Å²) in [5, 5.41) is 3.81. The van der Waals surface area contributed by atoms with Crippen molar-refractivity contribution < 1.29 is 27.5 Å². The fourth-order valence-electron chi connectivity index (χ4n) is 2.11. The van der Waals surface area contributed by atoms with Crippen LogP contribution in [0, 0.1) is 0 Å². The predicted molar refractivity (Wildman–Crippen MR) is 96.9 cm³/mol. The lowest BCUT2D eigenvalue weighted by Gasteiger charge is -2.07. The first kappa shape index (κ1) is 19.2. The largest absolute Gasteiger partial charge is 0.452 e. The van der Waals surface area contributed by atoms with Crippen LogP contribution in [0.5, 0.6) is 0 Å². The van der Waals surface area contributed by atoms with Crippen LogP contribution in [-0.4, -0.2) is 38.9 Å². The molecule has 0 aliphatic heterocycles. The van der Waals surface area contributed by atoms with Crippen molar-refractivity contribution in [1.29, 1.82) is 0 Å². The summed E-state index contributed by atoms with van der Waals surface area (Å²) in [6, 6.07) is 8.41. The van der Waals surface area contributed by atoms with Crippen molar-refractivity contribution in [3.8, 4) is 0 Å². The Balaban J connectivity index is 1.51. The number of imide groups is 1. The standard InChI is InChI=1S/C17H16N2O6S2/c20-15(18-16(21)14-2-1-9-26-14)10-25-17(22)11-3-7-13(8-4-11)27(23,24)19-12-5-6-12/h1-4,7-9,12,19H,5-6,10H2,(H,18,20,21). The van der Waals surface area contributed by atoms with Gasteiger partial charge < -0.3 is 4.74 Å². The second-order valence-corrected chi connectivity index (χ2v) is 8.51. The van der Waals surface area contributed by atoms with E-state index in [0.29, 0.717) is 4.88 Å². The number of thiophene rings is 1. The average molecular weight is 408 g/mol. The maximum atomic E-state index is 12.1. The van der Waals surface area contributed by atoms with Gasteiger partial charge in [-0.2, -0.15) is 0 Å². The molecule has 1 aliphatic carbocycles. The Morgan fingerprint density at radius 2 is 1.81 bits per heavy atom. The lowest BCUT2D eigenvalue weighted by Crippen LogP contribution is -2.33. The maximum absolute atomic E-state index is 12.1. The van der Waals surface area contributed by atoms with E-state index in [2.05, 4.69) is 10.0 Å². The van der Waals surface area contributed by atoms with Gasteiger partial charge in [-0.05, 0) is 48.6 Å². The molecule has 2 amide bonds. The molecule has 1 heterocycles. The molecule has 0 atom stereocenters. The molecule has 1 aromatic heterocycles. The van der Waals surface area contributed by atoms with E-state index in [1.54, 1.807) is 17.5 Å². The summed E-state index contributed by atoms with van der Waals surface area (Å²) in [4.78, 5) is 35.8. The molecule has 1 fully saturated rings. The highest BCUT2D eigenvalue weighted by Gasteiger charge is 2.28. The van der Waals surface area contributed by atoms with Crippen molar-refractivity contribution in [3.63, 3.8) is 0 Å². The molecule has 142 valence electrons. The summed E-state index contributed by atoms with van der Waals surface area (Å²) in [5.41, 5.74) is 0.0951. The van der Waals surface area contributed by atoms with Crippen molar-refractivity contribution in [2.75, 3.05) is 6.61 Å². The summed E-state index contributed by atoms with van der Waals surface area (Å²) in [6.07, 6.45) is 1.64. The van der Waals surface area contributed by atoms with Crippen molar-refractivity contribution in [3.05, 3.63) is 52.2 Å². The zero-order valence-corrected chi connectivity index (χ0v) is 15.6. The number of rotatable bonds is 7. The maximum Gasteiger partial charge on any atom is 0.338 e. The lowest BCUT2D eigenvalue weighted by molar-refractivity contribution is -0.123. The van der Waals surface area contributed by atoms with Gasteiger partial charge in [0.05, 0.1) is 15.3 Å². The highest BCUT2D eigenvalue weighted by Crippen LogP contribution is 2.22. The van der Waals surface area contributed by atoms with Crippen LogP contribution in [0.15, 0.2) is 46.7 Å². The van der Waals surface area contributed by atoms with Crippen molar-refractivity contribution in [1.82, 2.24) is 10.0 Å². The van der Waals surface area contributed by atoms with Crippen LogP contribution < -0.4 is 10.0 Å². The quantitative estimate of drug-likeness (QED) is 0.667. The summed E-state index contributed by atoms with van der Waals surface area (Å²) in [6.45, 7) is -0.626. The Morgan fingerprint density at radius 1 is 1.11 bits per heavy atom. The summed E-state index contributed by atoms with van der Waals surface area (Å²) in [7, 11) is -3.60. The molecule has 2 aromatic rings. The molecule has 0 unspecified atom stereocenters. The van der Waals surface area contributed by atoms with Gasteiger partial charge >= 0.3 is 5.97 Å². The van der Waals surface area contributed by atoms with E-state index in [9.17, 15) is 22.8 Å². The molecule has 1 saturated carbocycles. The van der Waals surface area contributed by atoms with Crippen LogP contribution in [0.1, 0.15) is 32.9 Å². The Hall–Kier alpha value is -2.56. The molecule has 8 nitrogen and oxygen atoms in total. The van der Waals surface area contributed by atoms with Crippen LogP contribution in [0.3, 0.4) is 0 Å². The molecule has 0 radical (unpaired) electrons. The number of esters is 1. The van der Waals surface area contributed by atoms with Crippen molar-refractivity contribution >= 4 is 39.1 Å². The molecule has 1 aliphatic rings. The van der Waals surface area contributed by atoms with Gasteiger partial charge in [0.25, 0.3) is 11.8 Å². The van der Waals surface area contributed by atoms with Crippen LogP contribution in [0.25, 0.3) is 0 Å². The third kappa shape index (κ3) is 5.22. The van der Waals surface area contributed by atoms with Crippen LogP contribution >= 0.6 is 11.3 Å². The number of carbonyl (C=O) groups is 3. The zero-order valence-electron chi connectivity index (χ0n) is 14.0. The Bertz CT molecular complexity index is 948. The van der Waals surface area contributed by atoms with Crippen LogP contribution in [0.4, 0.5) is 0 Å². The molecule has 0 saturated heterocycles. The number of benzene rings is 1. The molecule has 0 bridgehead atoms. The molecular formula is C17H16N2O6S2. The average Bonchev–Trinajstić information content (AvgIpc) is 3.26. The minimum Gasteiger partial charge on any atom is -0.452 e. The van der Waals surface area contributed by atoms with E-state index in [-0.39, 0.29) is 16.5 Å². The van der Waals surface area contributed by atoms with E-state index in [1.165, 1.54) is 35.6 Å². The van der Waals surface area contributed by atoms with E-state index >= 15 is 0 Å². The fourth-order valence-corrected chi connectivity index (χ4v) is 4.03. The normalized spacial score (nSPS) is 13.8. The third-order valence-corrected chi connectivity index (χ3v) is 6.04. The second-order valence-electron chi connectivity index (χ2n) is 5.85. The molecular weight excluding hydrogens is 392 g/mol. The Kier molecular flexibility index (Phi) is 5.68. The number of hydrogen-bond donors (Lipinski definition) is 2. The fraction of sp³-hybridized carbons (Fsp3) is 0.235. The van der Waals surface area contributed by atoms with Gasteiger partial charge in [-0.15, -0.1) is 11.3 Å². The van der Waals surface area contributed by atoms with Gasteiger partial charge in [0.1, 0.15) is 0 Å². The first-order valence-corrected chi connectivity index (χ1v) is 10.4. The van der Waals surface area contributed by atoms with Gasteiger partial charge in [-0.3, -0.25) is 14.9 Å². The molecule has 27 heavy (non-hydrogen) atoms. The zero-order chi connectivity index (χ0) is 19.4. The minimum atomic E-state index is -3.60. The van der Waals surface area contributed by atoms with Crippen molar-refractivity contribution in [2.24, 2.45) is 0 Å². The molecule has 10 heteroatoms. The van der Waals surface area contributed by atoms with Crippen LogP contribution in [0.2, 0.25) is 0 Å². The van der Waals surface area contributed by atoms with Gasteiger partial charge in [0, 0.05) is 6.04 Å². The lowest BCUT2D eigenvalue weighted by atomic mass is 10.2. The number of nitrogens with one attached hydrogen (secondary N) is 2. The highest BCUT2D eigenvalue weighted by atomic mass is 32.2. The predicted octanol–water partition coefficient (Wildman–Crippen LogP) is 1.30. The monoisotopic (exact) mass is 408 g/mol. The van der Waals surface area contributed by atoms with Gasteiger partial charge in [0.15, 0.2) is 6.61 Å². The number of amides is 2.